The summed E-state index contributed by atoms with van der Waals surface area (Å²) in [6.45, 7) is 1.88. The molecule has 0 fully saturated rings. The Kier molecular flexibility index (Phi) is 5.28. The van der Waals surface area contributed by atoms with Crippen LogP contribution in [-0.2, 0) is 0 Å². The summed E-state index contributed by atoms with van der Waals surface area (Å²) in [6, 6.07) is 14.8. The summed E-state index contributed by atoms with van der Waals surface area (Å²) in [5.74, 6) is -0.306. The van der Waals surface area contributed by atoms with Crippen molar-refractivity contribution in [2.45, 2.75) is 6.92 Å². The van der Waals surface area contributed by atoms with Crippen LogP contribution in [0, 0.1) is 6.92 Å². The zero-order valence-electron chi connectivity index (χ0n) is 13.2. The van der Waals surface area contributed by atoms with Gasteiger partial charge in [-0.2, -0.15) is 5.10 Å². The number of amides is 1. The fourth-order valence-electron chi connectivity index (χ4n) is 2.55. The van der Waals surface area contributed by atoms with Gasteiger partial charge < -0.3 is 0 Å². The summed E-state index contributed by atoms with van der Waals surface area (Å²) in [6.07, 6.45) is 1.38. The van der Waals surface area contributed by atoms with Gasteiger partial charge in [-0.15, -0.1) is 0 Å². The average molecular weight is 392 g/mol. The molecule has 0 aliphatic carbocycles. The molecule has 3 aromatic carbocycles. The Morgan fingerprint density at radius 1 is 1.00 bits per heavy atom. The maximum absolute atomic E-state index is 12.6. The number of nitrogens with zero attached hydrogens (tertiary/aromatic N) is 1. The van der Waals surface area contributed by atoms with Crippen molar-refractivity contribution in [2.75, 3.05) is 0 Å². The maximum Gasteiger partial charge on any atom is 0.272 e. The predicted molar refractivity (Wildman–Crippen MR) is 105 cm³/mol. The van der Waals surface area contributed by atoms with E-state index in [2.05, 4.69) is 10.5 Å². The van der Waals surface area contributed by atoms with Crippen molar-refractivity contribution in [3.8, 4) is 0 Å². The first-order valence-corrected chi connectivity index (χ1v) is 8.57. The zero-order chi connectivity index (χ0) is 18.0. The quantitative estimate of drug-likeness (QED) is 0.338. The number of nitrogens with one attached hydrogen (secondary N) is 1. The minimum atomic E-state index is -0.306. The van der Waals surface area contributed by atoms with Crippen LogP contribution in [-0.4, -0.2) is 12.1 Å². The minimum absolute atomic E-state index is 0.286. The van der Waals surface area contributed by atoms with Gasteiger partial charge in [-0.1, -0.05) is 71.2 Å². The minimum Gasteiger partial charge on any atom is -0.267 e. The van der Waals surface area contributed by atoms with E-state index in [-0.39, 0.29) is 10.9 Å². The van der Waals surface area contributed by atoms with Crippen LogP contribution in [0.25, 0.3) is 10.8 Å². The molecule has 1 N–H and O–H groups in total. The second-order valence-corrected chi connectivity index (χ2v) is 6.63. The average Bonchev–Trinajstić information content (AvgIpc) is 2.61. The number of halogens is 3. The van der Waals surface area contributed by atoms with E-state index < -0.39 is 0 Å². The van der Waals surface area contributed by atoms with Gasteiger partial charge in [-0.05, 0) is 35.4 Å². The Balaban J connectivity index is 1.90. The van der Waals surface area contributed by atoms with Crippen LogP contribution < -0.4 is 5.43 Å². The van der Waals surface area contributed by atoms with E-state index >= 15 is 0 Å². The van der Waals surface area contributed by atoms with Gasteiger partial charge >= 0.3 is 0 Å². The number of benzene rings is 3. The normalized spacial score (nSPS) is 11.2. The number of hydrogen-bond donors (Lipinski definition) is 1. The summed E-state index contributed by atoms with van der Waals surface area (Å²) in [5, 5.41) is 6.88. The Morgan fingerprint density at radius 2 is 1.72 bits per heavy atom. The second kappa shape index (κ2) is 7.44. The lowest BCUT2D eigenvalue weighted by molar-refractivity contribution is 0.0956. The molecular weight excluding hydrogens is 379 g/mol. The van der Waals surface area contributed by atoms with Crippen molar-refractivity contribution < 1.29 is 4.79 Å². The fourth-order valence-corrected chi connectivity index (χ4v) is 3.19. The van der Waals surface area contributed by atoms with Gasteiger partial charge in [-0.25, -0.2) is 5.43 Å². The van der Waals surface area contributed by atoms with Crippen LogP contribution in [0.15, 0.2) is 53.6 Å². The Labute approximate surface area is 160 Å². The van der Waals surface area contributed by atoms with Crippen LogP contribution in [0.1, 0.15) is 21.5 Å². The van der Waals surface area contributed by atoms with Gasteiger partial charge in [-0.3, -0.25) is 4.79 Å². The molecule has 126 valence electrons. The van der Waals surface area contributed by atoms with Gasteiger partial charge in [0.2, 0.25) is 0 Å². The summed E-state index contributed by atoms with van der Waals surface area (Å²) in [5.41, 5.74) is 4.42. The summed E-state index contributed by atoms with van der Waals surface area (Å²) in [7, 11) is 0. The van der Waals surface area contributed by atoms with Crippen LogP contribution in [0.2, 0.25) is 15.1 Å². The topological polar surface area (TPSA) is 41.5 Å². The number of rotatable bonds is 3. The van der Waals surface area contributed by atoms with E-state index in [1.54, 1.807) is 12.1 Å². The molecule has 0 aromatic heterocycles. The maximum atomic E-state index is 12.6. The number of carbonyl (C=O) groups is 1. The first-order chi connectivity index (χ1) is 12.0. The van der Waals surface area contributed by atoms with Crippen LogP contribution in [0.3, 0.4) is 0 Å². The third-order valence-electron chi connectivity index (χ3n) is 3.80. The van der Waals surface area contributed by atoms with Crippen LogP contribution in [0.4, 0.5) is 0 Å². The van der Waals surface area contributed by atoms with Gasteiger partial charge in [0.15, 0.2) is 0 Å². The molecule has 3 rings (SSSR count). The molecule has 0 saturated carbocycles. The summed E-state index contributed by atoms with van der Waals surface area (Å²) < 4.78 is 0. The smallest absolute Gasteiger partial charge is 0.267 e. The van der Waals surface area contributed by atoms with E-state index in [0.717, 1.165) is 16.3 Å². The van der Waals surface area contributed by atoms with Gasteiger partial charge in [0.25, 0.3) is 5.91 Å². The lowest BCUT2D eigenvalue weighted by Crippen LogP contribution is -2.19. The SMILES string of the molecule is Cc1ccc2ccccc2c1C(=O)N/N=C\c1c(Cl)ccc(Cl)c1Cl. The van der Waals surface area contributed by atoms with Gasteiger partial charge in [0, 0.05) is 5.56 Å². The third kappa shape index (κ3) is 3.64. The van der Waals surface area contributed by atoms with Crippen LogP contribution in [0.5, 0.6) is 0 Å². The zero-order valence-corrected chi connectivity index (χ0v) is 15.5. The Morgan fingerprint density at radius 3 is 2.52 bits per heavy atom. The number of aryl methyl sites for hydroxylation is 1. The lowest BCUT2D eigenvalue weighted by Gasteiger charge is -2.09. The first-order valence-electron chi connectivity index (χ1n) is 7.44. The van der Waals surface area contributed by atoms with Gasteiger partial charge in [0.1, 0.15) is 0 Å². The monoisotopic (exact) mass is 390 g/mol. The van der Waals surface area contributed by atoms with Crippen molar-refractivity contribution >= 4 is 57.7 Å². The molecule has 0 aliphatic rings. The van der Waals surface area contributed by atoms with Gasteiger partial charge in [0.05, 0.1) is 26.8 Å². The van der Waals surface area contributed by atoms with Crippen LogP contribution >= 0.6 is 34.8 Å². The van der Waals surface area contributed by atoms with E-state index in [1.165, 1.54) is 6.21 Å². The predicted octanol–water partition coefficient (Wildman–Crippen LogP) is 5.87. The molecule has 0 spiro atoms. The highest BCUT2D eigenvalue weighted by molar-refractivity contribution is 6.45. The number of carbonyl (C=O) groups excluding carboxylic acids is 1. The fraction of sp³-hybridized carbons (Fsp3) is 0.0526. The highest BCUT2D eigenvalue weighted by atomic mass is 35.5. The third-order valence-corrected chi connectivity index (χ3v) is 4.95. The number of hydrogen-bond acceptors (Lipinski definition) is 2. The Hall–Kier alpha value is -2.07. The standard InChI is InChI=1S/C19H13Cl3N2O/c1-11-6-7-12-4-2-3-5-13(12)17(11)19(25)24-23-10-14-15(20)8-9-16(21)18(14)22/h2-10H,1H3,(H,24,25)/b23-10-. The molecule has 0 unspecified atom stereocenters. The largest absolute Gasteiger partial charge is 0.272 e. The van der Waals surface area contributed by atoms with E-state index in [0.29, 0.717) is 21.2 Å². The lowest BCUT2D eigenvalue weighted by atomic mass is 9.99. The highest BCUT2D eigenvalue weighted by Gasteiger charge is 2.13. The highest BCUT2D eigenvalue weighted by Crippen LogP contribution is 2.30. The molecule has 0 saturated heterocycles. The molecule has 3 aromatic rings. The number of fused-ring (bicyclic) bond motifs is 1. The molecule has 0 radical (unpaired) electrons. The molecule has 0 aliphatic heterocycles. The second-order valence-electron chi connectivity index (χ2n) is 5.43. The molecule has 3 nitrogen and oxygen atoms in total. The van der Waals surface area contributed by atoms with Crippen molar-refractivity contribution in [1.29, 1.82) is 0 Å². The molecular formula is C19H13Cl3N2O. The summed E-state index contributed by atoms with van der Waals surface area (Å²) in [4.78, 5) is 12.6. The summed E-state index contributed by atoms with van der Waals surface area (Å²) >= 11 is 18.2. The first kappa shape index (κ1) is 17.7. The van der Waals surface area contributed by atoms with E-state index in [9.17, 15) is 4.79 Å². The molecule has 0 atom stereocenters. The van der Waals surface area contributed by atoms with Crippen molar-refractivity contribution in [3.05, 3.63) is 80.3 Å². The molecule has 1 amide bonds. The molecule has 6 heteroatoms. The van der Waals surface area contributed by atoms with Crippen molar-refractivity contribution in [3.63, 3.8) is 0 Å². The Bertz CT molecular complexity index is 999. The van der Waals surface area contributed by atoms with Crippen molar-refractivity contribution in [1.82, 2.24) is 5.43 Å². The number of hydrazone groups is 1. The van der Waals surface area contributed by atoms with Crippen molar-refractivity contribution in [2.24, 2.45) is 5.10 Å². The van der Waals surface area contributed by atoms with E-state index in [1.807, 2.05) is 43.3 Å². The molecule has 25 heavy (non-hydrogen) atoms. The van der Waals surface area contributed by atoms with E-state index in [4.69, 9.17) is 34.8 Å². The molecule has 0 bridgehead atoms. The molecule has 0 heterocycles.